The zero-order valence-electron chi connectivity index (χ0n) is 10.6. The van der Waals surface area contributed by atoms with Crippen molar-refractivity contribution < 1.29 is 18.1 Å². The van der Waals surface area contributed by atoms with E-state index in [1.54, 1.807) is 6.07 Å². The Labute approximate surface area is 132 Å². The molecule has 0 unspecified atom stereocenters. The summed E-state index contributed by atoms with van der Waals surface area (Å²) in [5.74, 6) is 0. The Morgan fingerprint density at radius 1 is 1.09 bits per heavy atom. The number of hydrogen-bond donors (Lipinski definition) is 1. The van der Waals surface area contributed by atoms with Crippen molar-refractivity contribution in [1.29, 1.82) is 0 Å². The molecule has 2 aromatic carbocycles. The fraction of sp³-hybridized carbons (Fsp3) is 0.0769. The Morgan fingerprint density at radius 3 is 2.36 bits per heavy atom. The molecule has 0 aliphatic rings. The molecule has 4 nitrogen and oxygen atoms in total. The van der Waals surface area contributed by atoms with Crippen LogP contribution in [-0.4, -0.2) is 4.92 Å². The van der Waals surface area contributed by atoms with Crippen LogP contribution in [0.5, 0.6) is 0 Å². The van der Waals surface area contributed by atoms with E-state index < -0.39 is 22.4 Å². The minimum absolute atomic E-state index is 0.110. The molecule has 0 amide bonds. The van der Waals surface area contributed by atoms with E-state index in [0.717, 1.165) is 12.1 Å². The molecule has 0 aliphatic carbocycles. The molecule has 0 radical (unpaired) electrons. The van der Waals surface area contributed by atoms with Gasteiger partial charge in [-0.1, -0.05) is 29.3 Å². The van der Waals surface area contributed by atoms with Crippen LogP contribution in [0.4, 0.5) is 30.2 Å². The summed E-state index contributed by atoms with van der Waals surface area (Å²) in [5, 5.41) is 13.9. The van der Waals surface area contributed by atoms with E-state index in [-0.39, 0.29) is 21.4 Å². The highest BCUT2D eigenvalue weighted by atomic mass is 35.5. The van der Waals surface area contributed by atoms with Crippen LogP contribution in [0.15, 0.2) is 36.4 Å². The van der Waals surface area contributed by atoms with Gasteiger partial charge in [-0.05, 0) is 24.3 Å². The average molecular weight is 351 g/mol. The maximum atomic E-state index is 12.6. The summed E-state index contributed by atoms with van der Waals surface area (Å²) >= 11 is 11.7. The zero-order chi connectivity index (χ0) is 16.5. The molecule has 2 rings (SSSR count). The van der Waals surface area contributed by atoms with Gasteiger partial charge in [0.15, 0.2) is 0 Å². The molecule has 0 heterocycles. The van der Waals surface area contributed by atoms with Gasteiger partial charge in [-0.3, -0.25) is 10.1 Å². The van der Waals surface area contributed by atoms with E-state index in [9.17, 15) is 23.3 Å². The van der Waals surface area contributed by atoms with Crippen molar-refractivity contribution in [2.24, 2.45) is 0 Å². The first kappa shape index (κ1) is 16.4. The Morgan fingerprint density at radius 2 is 1.77 bits per heavy atom. The summed E-state index contributed by atoms with van der Waals surface area (Å²) in [6, 6.07) is 6.73. The first-order chi connectivity index (χ1) is 10.2. The van der Waals surface area contributed by atoms with Crippen molar-refractivity contribution >= 4 is 40.3 Å². The first-order valence-corrected chi connectivity index (χ1v) is 6.52. The van der Waals surface area contributed by atoms with Crippen LogP contribution in [0.3, 0.4) is 0 Å². The van der Waals surface area contributed by atoms with Gasteiger partial charge < -0.3 is 5.32 Å². The second-order valence-electron chi connectivity index (χ2n) is 4.21. The number of halogens is 5. The summed E-state index contributed by atoms with van der Waals surface area (Å²) in [6.07, 6.45) is -4.67. The molecule has 0 fully saturated rings. The van der Waals surface area contributed by atoms with E-state index in [0.29, 0.717) is 6.07 Å². The molecule has 1 N–H and O–H groups in total. The van der Waals surface area contributed by atoms with Gasteiger partial charge in [0.05, 0.1) is 26.2 Å². The molecule has 22 heavy (non-hydrogen) atoms. The molecular weight excluding hydrogens is 344 g/mol. The first-order valence-electron chi connectivity index (χ1n) is 5.77. The smallest absolute Gasteiger partial charge is 0.349 e. The molecule has 0 bridgehead atoms. The highest BCUT2D eigenvalue weighted by Crippen LogP contribution is 2.38. The number of benzene rings is 2. The third-order valence-corrected chi connectivity index (χ3v) is 3.56. The van der Waals surface area contributed by atoms with E-state index in [1.807, 2.05) is 0 Å². The van der Waals surface area contributed by atoms with Gasteiger partial charge in [-0.2, -0.15) is 13.2 Å². The second kappa shape index (κ2) is 6.02. The van der Waals surface area contributed by atoms with Crippen LogP contribution in [0.25, 0.3) is 0 Å². The van der Waals surface area contributed by atoms with Crippen LogP contribution in [-0.2, 0) is 6.18 Å². The second-order valence-corrected chi connectivity index (χ2v) is 5.00. The predicted octanol–water partition coefficient (Wildman–Crippen LogP) is 5.66. The van der Waals surface area contributed by atoms with Crippen LogP contribution >= 0.6 is 23.2 Å². The molecule has 116 valence electrons. The third-order valence-electron chi connectivity index (χ3n) is 2.74. The molecule has 0 spiro atoms. The van der Waals surface area contributed by atoms with Gasteiger partial charge >= 0.3 is 6.18 Å². The lowest BCUT2D eigenvalue weighted by molar-refractivity contribution is -0.384. The van der Waals surface area contributed by atoms with Crippen LogP contribution < -0.4 is 5.32 Å². The topological polar surface area (TPSA) is 55.2 Å². The Bertz CT molecular complexity index is 736. The molecule has 0 saturated heterocycles. The number of hydrogen-bond acceptors (Lipinski definition) is 3. The molecule has 9 heteroatoms. The van der Waals surface area contributed by atoms with Gasteiger partial charge in [0.25, 0.3) is 5.69 Å². The zero-order valence-corrected chi connectivity index (χ0v) is 12.1. The summed E-state index contributed by atoms with van der Waals surface area (Å²) in [4.78, 5) is 10.1. The maximum Gasteiger partial charge on any atom is 0.416 e. The number of anilines is 2. The summed E-state index contributed by atoms with van der Waals surface area (Å²) in [5.41, 5.74) is -1.70. The van der Waals surface area contributed by atoms with Gasteiger partial charge in [-0.25, -0.2) is 0 Å². The van der Waals surface area contributed by atoms with Crippen LogP contribution in [0, 0.1) is 10.1 Å². The van der Waals surface area contributed by atoms with E-state index in [1.165, 1.54) is 12.1 Å². The maximum absolute atomic E-state index is 12.6. The molecule has 2 aromatic rings. The number of rotatable bonds is 3. The summed E-state index contributed by atoms with van der Waals surface area (Å²) < 4.78 is 37.9. The quantitative estimate of drug-likeness (QED) is 0.573. The number of nitrogens with zero attached hydrogens (tertiary/aromatic N) is 1. The Hall–Kier alpha value is -1.99. The lowest BCUT2D eigenvalue weighted by atomic mass is 10.1. The number of nitro groups is 1. The molecule has 0 aromatic heterocycles. The van der Waals surface area contributed by atoms with E-state index in [4.69, 9.17) is 23.2 Å². The number of nitrogens with one attached hydrogen (secondary N) is 1. The van der Waals surface area contributed by atoms with Gasteiger partial charge in [0.2, 0.25) is 0 Å². The third kappa shape index (κ3) is 3.42. The molecule has 0 saturated carbocycles. The van der Waals surface area contributed by atoms with Gasteiger partial charge in [-0.15, -0.1) is 0 Å². The Balaban J connectivity index is 2.47. The van der Waals surface area contributed by atoms with Crippen molar-refractivity contribution in [3.05, 3.63) is 62.1 Å². The molecular formula is C13H7Cl2F3N2O2. The lowest BCUT2D eigenvalue weighted by Gasteiger charge is -2.12. The predicted molar refractivity (Wildman–Crippen MR) is 77.8 cm³/mol. The normalized spacial score (nSPS) is 11.3. The van der Waals surface area contributed by atoms with E-state index in [2.05, 4.69) is 5.32 Å². The monoisotopic (exact) mass is 350 g/mol. The molecule has 0 aliphatic heterocycles. The highest BCUT2D eigenvalue weighted by molar-refractivity contribution is 6.43. The highest BCUT2D eigenvalue weighted by Gasteiger charge is 2.33. The van der Waals surface area contributed by atoms with E-state index >= 15 is 0 Å². The minimum atomic E-state index is -4.67. The van der Waals surface area contributed by atoms with Crippen molar-refractivity contribution in [1.82, 2.24) is 0 Å². The number of nitro benzene ring substituents is 1. The van der Waals surface area contributed by atoms with Crippen LogP contribution in [0.2, 0.25) is 10.0 Å². The van der Waals surface area contributed by atoms with Crippen molar-refractivity contribution in [3.8, 4) is 0 Å². The standard InChI is InChI=1S/C13H7Cl2F3N2O2/c14-8-2-1-3-10(12(8)15)19-9-5-4-7(13(16,17)18)6-11(9)20(21)22/h1-6,19H. The molecule has 0 atom stereocenters. The van der Waals surface area contributed by atoms with Crippen molar-refractivity contribution in [2.75, 3.05) is 5.32 Å². The van der Waals surface area contributed by atoms with Gasteiger partial charge in [0, 0.05) is 6.07 Å². The fourth-order valence-electron chi connectivity index (χ4n) is 1.71. The Kier molecular flexibility index (Phi) is 4.48. The SMILES string of the molecule is O=[N+]([O-])c1cc(C(F)(F)F)ccc1Nc1cccc(Cl)c1Cl. The van der Waals surface area contributed by atoms with Gasteiger partial charge in [0.1, 0.15) is 5.69 Å². The number of alkyl halides is 3. The van der Waals surface area contributed by atoms with Crippen molar-refractivity contribution in [3.63, 3.8) is 0 Å². The van der Waals surface area contributed by atoms with Crippen molar-refractivity contribution in [2.45, 2.75) is 6.18 Å². The van der Waals surface area contributed by atoms with Crippen LogP contribution in [0.1, 0.15) is 5.56 Å². The minimum Gasteiger partial charge on any atom is -0.349 e. The fourth-order valence-corrected chi connectivity index (χ4v) is 2.06. The average Bonchev–Trinajstić information content (AvgIpc) is 2.43. The summed E-state index contributed by atoms with van der Waals surface area (Å²) in [6.45, 7) is 0. The summed E-state index contributed by atoms with van der Waals surface area (Å²) in [7, 11) is 0. The lowest BCUT2D eigenvalue weighted by Crippen LogP contribution is -2.06. The largest absolute Gasteiger partial charge is 0.416 e.